The van der Waals surface area contributed by atoms with E-state index in [0.29, 0.717) is 10.5 Å². The smallest absolute Gasteiger partial charge is 0.137 e. The molecule has 1 aliphatic rings. The summed E-state index contributed by atoms with van der Waals surface area (Å²) in [7, 11) is 2.10. The molecule has 4 heteroatoms. The Morgan fingerprint density at radius 3 is 3.00 bits per heavy atom. The summed E-state index contributed by atoms with van der Waals surface area (Å²) < 4.78 is 13.6. The van der Waals surface area contributed by atoms with E-state index in [-0.39, 0.29) is 5.82 Å². The number of halogens is 2. The molecule has 2 nitrogen and oxygen atoms in total. The van der Waals surface area contributed by atoms with Gasteiger partial charge in [0.1, 0.15) is 5.82 Å². The maximum absolute atomic E-state index is 13.1. The molecule has 82 valence electrons. The molecule has 2 rings (SSSR count). The summed E-state index contributed by atoms with van der Waals surface area (Å²) in [5.74, 6) is -0.204. The Labute approximate surface area is 97.6 Å². The Balaban J connectivity index is 2.24. The number of hydrogen-bond donors (Lipinski definition) is 1. The van der Waals surface area contributed by atoms with Crippen molar-refractivity contribution in [2.45, 2.75) is 6.04 Å². The molecule has 1 aromatic rings. The quantitative estimate of drug-likeness (QED) is 0.843. The van der Waals surface area contributed by atoms with Crippen LogP contribution in [0.15, 0.2) is 22.7 Å². The molecule has 1 atom stereocenters. The molecule has 1 saturated heterocycles. The largest absolute Gasteiger partial charge is 0.314 e. The minimum Gasteiger partial charge on any atom is -0.314 e. The Morgan fingerprint density at radius 2 is 2.33 bits per heavy atom. The van der Waals surface area contributed by atoms with Gasteiger partial charge in [-0.05, 0) is 40.7 Å². The fourth-order valence-corrected chi connectivity index (χ4v) is 2.29. The van der Waals surface area contributed by atoms with E-state index in [1.165, 1.54) is 6.07 Å². The lowest BCUT2D eigenvalue weighted by atomic mass is 10.0. The Morgan fingerprint density at radius 1 is 1.53 bits per heavy atom. The molecule has 0 saturated carbocycles. The number of benzene rings is 1. The van der Waals surface area contributed by atoms with Crippen LogP contribution < -0.4 is 5.32 Å². The summed E-state index contributed by atoms with van der Waals surface area (Å²) in [4.78, 5) is 2.29. The van der Waals surface area contributed by atoms with Gasteiger partial charge in [0.25, 0.3) is 0 Å². The second-order valence-corrected chi connectivity index (χ2v) is 4.73. The van der Waals surface area contributed by atoms with Crippen LogP contribution in [0.4, 0.5) is 4.39 Å². The summed E-state index contributed by atoms with van der Waals surface area (Å²) in [6.45, 7) is 2.98. The Hall–Kier alpha value is -0.450. The zero-order valence-electron chi connectivity index (χ0n) is 8.63. The van der Waals surface area contributed by atoms with Crippen LogP contribution in [0.2, 0.25) is 0 Å². The third-order valence-corrected chi connectivity index (χ3v) is 3.45. The number of nitrogens with zero attached hydrogens (tertiary/aromatic N) is 1. The van der Waals surface area contributed by atoms with Gasteiger partial charge in [0.05, 0.1) is 4.47 Å². The molecule has 0 aromatic heterocycles. The van der Waals surface area contributed by atoms with E-state index < -0.39 is 0 Å². The number of piperazine rings is 1. The second-order valence-electron chi connectivity index (χ2n) is 3.87. The van der Waals surface area contributed by atoms with Crippen molar-refractivity contribution >= 4 is 15.9 Å². The maximum atomic E-state index is 13.1. The summed E-state index contributed by atoms with van der Waals surface area (Å²) in [6.07, 6.45) is 0. The lowest BCUT2D eigenvalue weighted by Crippen LogP contribution is -2.43. The lowest BCUT2D eigenvalue weighted by molar-refractivity contribution is 0.202. The summed E-state index contributed by atoms with van der Waals surface area (Å²) >= 11 is 3.22. The van der Waals surface area contributed by atoms with Crippen LogP contribution in [-0.2, 0) is 0 Å². The first-order chi connectivity index (χ1) is 7.18. The molecule has 1 N–H and O–H groups in total. The highest BCUT2D eigenvalue weighted by atomic mass is 79.9. The van der Waals surface area contributed by atoms with E-state index in [1.54, 1.807) is 0 Å². The summed E-state index contributed by atoms with van der Waals surface area (Å²) in [6, 6.07) is 5.58. The van der Waals surface area contributed by atoms with Crippen LogP contribution in [0.1, 0.15) is 11.6 Å². The third kappa shape index (κ3) is 2.38. The molecule has 1 aliphatic heterocycles. The van der Waals surface area contributed by atoms with Gasteiger partial charge in [-0.1, -0.05) is 6.07 Å². The van der Waals surface area contributed by atoms with Crippen LogP contribution >= 0.6 is 15.9 Å². The second kappa shape index (κ2) is 4.60. The van der Waals surface area contributed by atoms with Gasteiger partial charge in [0.2, 0.25) is 0 Å². The van der Waals surface area contributed by atoms with Gasteiger partial charge < -0.3 is 5.32 Å². The molecule has 1 heterocycles. The molecule has 0 spiro atoms. The Bertz CT molecular complexity index is 356. The molecule has 0 bridgehead atoms. The highest BCUT2D eigenvalue weighted by Gasteiger charge is 2.20. The van der Waals surface area contributed by atoms with Crippen molar-refractivity contribution in [2.24, 2.45) is 0 Å². The average molecular weight is 273 g/mol. The fourth-order valence-electron chi connectivity index (χ4n) is 1.90. The molecule has 1 fully saturated rings. The average Bonchev–Trinajstić information content (AvgIpc) is 2.23. The monoisotopic (exact) mass is 272 g/mol. The number of rotatable bonds is 1. The first-order valence-electron chi connectivity index (χ1n) is 5.04. The normalized spacial score (nSPS) is 23.0. The van der Waals surface area contributed by atoms with E-state index in [4.69, 9.17) is 0 Å². The number of nitrogens with one attached hydrogen (secondary N) is 1. The van der Waals surface area contributed by atoms with Crippen LogP contribution in [0.5, 0.6) is 0 Å². The van der Waals surface area contributed by atoms with E-state index >= 15 is 0 Å². The van der Waals surface area contributed by atoms with E-state index in [0.717, 1.165) is 25.2 Å². The van der Waals surface area contributed by atoms with Gasteiger partial charge in [0, 0.05) is 25.7 Å². The van der Waals surface area contributed by atoms with Crippen molar-refractivity contribution in [3.63, 3.8) is 0 Å². The van der Waals surface area contributed by atoms with Crippen molar-refractivity contribution in [3.8, 4) is 0 Å². The van der Waals surface area contributed by atoms with Gasteiger partial charge in [-0.2, -0.15) is 0 Å². The predicted molar refractivity (Wildman–Crippen MR) is 62.3 cm³/mol. The number of hydrogen-bond acceptors (Lipinski definition) is 2. The minimum absolute atomic E-state index is 0.204. The minimum atomic E-state index is -0.204. The Kier molecular flexibility index (Phi) is 3.38. The molecular formula is C11H14BrFN2. The molecular weight excluding hydrogens is 259 g/mol. The van der Waals surface area contributed by atoms with Gasteiger partial charge >= 0.3 is 0 Å². The van der Waals surface area contributed by atoms with Crippen molar-refractivity contribution in [3.05, 3.63) is 34.1 Å². The molecule has 0 radical (unpaired) electrons. The zero-order chi connectivity index (χ0) is 10.8. The molecule has 0 aliphatic carbocycles. The van der Waals surface area contributed by atoms with Crippen LogP contribution in [0.25, 0.3) is 0 Å². The summed E-state index contributed by atoms with van der Waals surface area (Å²) in [5, 5.41) is 3.35. The van der Waals surface area contributed by atoms with Gasteiger partial charge in [-0.3, -0.25) is 4.90 Å². The highest BCUT2D eigenvalue weighted by Crippen LogP contribution is 2.25. The number of likely N-dealkylation sites (N-methyl/N-ethyl adjacent to an activating group) is 1. The van der Waals surface area contributed by atoms with E-state index in [9.17, 15) is 4.39 Å². The zero-order valence-corrected chi connectivity index (χ0v) is 10.2. The van der Waals surface area contributed by atoms with Crippen LogP contribution in [0.3, 0.4) is 0 Å². The molecule has 1 aromatic carbocycles. The maximum Gasteiger partial charge on any atom is 0.137 e. The first-order valence-corrected chi connectivity index (χ1v) is 5.83. The van der Waals surface area contributed by atoms with E-state index in [1.807, 2.05) is 12.1 Å². The van der Waals surface area contributed by atoms with Gasteiger partial charge in [0.15, 0.2) is 0 Å². The van der Waals surface area contributed by atoms with Crippen LogP contribution in [-0.4, -0.2) is 31.6 Å². The standard InChI is InChI=1S/C11H14BrFN2/c1-15-5-4-14-7-11(15)8-2-3-10(13)9(12)6-8/h2-3,6,11,14H,4-5,7H2,1H3. The molecule has 15 heavy (non-hydrogen) atoms. The fraction of sp³-hybridized carbons (Fsp3) is 0.455. The molecule has 1 unspecified atom stereocenters. The van der Waals surface area contributed by atoms with Crippen molar-refractivity contribution in [1.82, 2.24) is 10.2 Å². The topological polar surface area (TPSA) is 15.3 Å². The third-order valence-electron chi connectivity index (χ3n) is 2.84. The SMILES string of the molecule is CN1CCNCC1c1ccc(F)c(Br)c1. The van der Waals surface area contributed by atoms with Gasteiger partial charge in [-0.15, -0.1) is 0 Å². The first kappa shape index (κ1) is 11.0. The van der Waals surface area contributed by atoms with Crippen molar-refractivity contribution in [2.75, 3.05) is 26.7 Å². The van der Waals surface area contributed by atoms with E-state index in [2.05, 4.69) is 33.2 Å². The predicted octanol–water partition coefficient (Wildman–Crippen LogP) is 2.16. The highest BCUT2D eigenvalue weighted by molar-refractivity contribution is 9.10. The lowest BCUT2D eigenvalue weighted by Gasteiger charge is -2.33. The van der Waals surface area contributed by atoms with Gasteiger partial charge in [-0.25, -0.2) is 4.39 Å². The van der Waals surface area contributed by atoms with Crippen molar-refractivity contribution in [1.29, 1.82) is 0 Å². The summed E-state index contributed by atoms with van der Waals surface area (Å²) in [5.41, 5.74) is 1.15. The van der Waals surface area contributed by atoms with Crippen LogP contribution in [0, 0.1) is 5.82 Å². The molecule has 0 amide bonds. The van der Waals surface area contributed by atoms with Crippen molar-refractivity contribution < 1.29 is 4.39 Å².